The van der Waals surface area contributed by atoms with E-state index in [1.807, 2.05) is 30.3 Å². The van der Waals surface area contributed by atoms with Crippen LogP contribution in [-0.4, -0.2) is 29.7 Å². The lowest BCUT2D eigenvalue weighted by atomic mass is 10.2. The van der Waals surface area contributed by atoms with Crippen molar-refractivity contribution in [3.8, 4) is 0 Å². The van der Waals surface area contributed by atoms with E-state index < -0.39 is 6.10 Å². The Morgan fingerprint density at radius 1 is 1.40 bits per heavy atom. The molecule has 1 saturated heterocycles. The number of rotatable bonds is 2. The summed E-state index contributed by atoms with van der Waals surface area (Å²) in [6, 6.07) is 9.03. The van der Waals surface area contributed by atoms with Crippen LogP contribution in [0, 0.1) is 0 Å². The Bertz CT molecular complexity index is 340. The molecule has 1 fully saturated rings. The first-order valence-electron chi connectivity index (χ1n) is 5.03. The van der Waals surface area contributed by atoms with Crippen molar-refractivity contribution >= 4 is 11.6 Å². The van der Waals surface area contributed by atoms with Crippen LogP contribution in [0.4, 0.5) is 5.69 Å². The maximum atomic E-state index is 11.7. The lowest BCUT2D eigenvalue weighted by Gasteiger charge is -2.10. The second-order valence-electron chi connectivity index (χ2n) is 3.71. The number of carbonyl (C=O) groups excluding carboxylic acids is 1. The van der Waals surface area contributed by atoms with E-state index in [0.717, 1.165) is 5.69 Å². The molecule has 2 rings (SSSR count). The maximum absolute atomic E-state index is 11.7. The van der Waals surface area contributed by atoms with Crippen LogP contribution in [0.2, 0.25) is 0 Å². The molecule has 1 aromatic carbocycles. The molecule has 15 heavy (non-hydrogen) atoms. The van der Waals surface area contributed by atoms with Gasteiger partial charge in [-0.2, -0.15) is 0 Å². The number of amides is 1. The SMILES string of the molecule is O=C(Nc1ccccc1)[C@H]1C[C@@H](O)CN1. The van der Waals surface area contributed by atoms with Crippen LogP contribution in [0.15, 0.2) is 30.3 Å². The first-order chi connectivity index (χ1) is 7.25. The first-order valence-corrected chi connectivity index (χ1v) is 5.03. The normalized spacial score (nSPS) is 25.1. The number of β-amino-alcohol motifs (C(OH)–C–C–N with tert-alkyl or cyclic N) is 1. The first kappa shape index (κ1) is 10.1. The Labute approximate surface area is 88.3 Å². The zero-order chi connectivity index (χ0) is 10.7. The molecule has 4 nitrogen and oxygen atoms in total. The molecule has 0 spiro atoms. The fourth-order valence-electron chi connectivity index (χ4n) is 1.67. The number of para-hydroxylation sites is 1. The van der Waals surface area contributed by atoms with E-state index in [4.69, 9.17) is 0 Å². The van der Waals surface area contributed by atoms with Crippen LogP contribution in [0.1, 0.15) is 6.42 Å². The Morgan fingerprint density at radius 3 is 2.73 bits per heavy atom. The lowest BCUT2D eigenvalue weighted by molar-refractivity contribution is -0.117. The molecular formula is C11H14N2O2. The molecule has 1 aliphatic heterocycles. The van der Waals surface area contributed by atoms with Crippen LogP contribution in [0.3, 0.4) is 0 Å². The van der Waals surface area contributed by atoms with Gasteiger partial charge in [-0.3, -0.25) is 4.79 Å². The summed E-state index contributed by atoms with van der Waals surface area (Å²) >= 11 is 0. The molecule has 0 aliphatic carbocycles. The van der Waals surface area contributed by atoms with Crippen molar-refractivity contribution in [3.05, 3.63) is 30.3 Å². The summed E-state index contributed by atoms with van der Waals surface area (Å²) in [5, 5.41) is 15.0. The molecule has 0 bridgehead atoms. The smallest absolute Gasteiger partial charge is 0.241 e. The van der Waals surface area contributed by atoms with Crippen LogP contribution >= 0.6 is 0 Å². The highest BCUT2D eigenvalue weighted by atomic mass is 16.3. The van der Waals surface area contributed by atoms with Gasteiger partial charge < -0.3 is 15.7 Å². The predicted molar refractivity (Wildman–Crippen MR) is 57.5 cm³/mol. The Hall–Kier alpha value is -1.39. The van der Waals surface area contributed by atoms with Gasteiger partial charge in [-0.25, -0.2) is 0 Å². The summed E-state index contributed by atoms with van der Waals surface area (Å²) in [6.07, 6.45) is 0.0788. The van der Waals surface area contributed by atoms with Gasteiger partial charge in [0.25, 0.3) is 0 Å². The minimum absolute atomic E-state index is 0.0854. The molecule has 1 aromatic rings. The van der Waals surface area contributed by atoms with Gasteiger partial charge in [-0.15, -0.1) is 0 Å². The summed E-state index contributed by atoms with van der Waals surface area (Å²) in [4.78, 5) is 11.7. The van der Waals surface area contributed by atoms with Crippen LogP contribution < -0.4 is 10.6 Å². The number of aliphatic hydroxyl groups is 1. The molecule has 0 saturated carbocycles. The molecule has 0 aromatic heterocycles. The molecule has 1 amide bonds. The quantitative estimate of drug-likeness (QED) is 0.654. The second kappa shape index (κ2) is 4.42. The van der Waals surface area contributed by atoms with Crippen molar-refractivity contribution in [2.75, 3.05) is 11.9 Å². The van der Waals surface area contributed by atoms with Crippen LogP contribution in [0.25, 0.3) is 0 Å². The van der Waals surface area contributed by atoms with Gasteiger partial charge >= 0.3 is 0 Å². The fraction of sp³-hybridized carbons (Fsp3) is 0.364. The van der Waals surface area contributed by atoms with E-state index in [9.17, 15) is 9.90 Å². The van der Waals surface area contributed by atoms with Crippen molar-refractivity contribution in [1.29, 1.82) is 0 Å². The third kappa shape index (κ3) is 2.55. The number of hydrogen-bond acceptors (Lipinski definition) is 3. The summed E-state index contributed by atoms with van der Waals surface area (Å²) in [6.45, 7) is 0.493. The number of hydrogen-bond donors (Lipinski definition) is 3. The average molecular weight is 206 g/mol. The molecule has 0 unspecified atom stereocenters. The Morgan fingerprint density at radius 2 is 2.13 bits per heavy atom. The number of nitrogens with one attached hydrogen (secondary N) is 2. The van der Waals surface area contributed by atoms with E-state index in [-0.39, 0.29) is 11.9 Å². The highest BCUT2D eigenvalue weighted by Crippen LogP contribution is 2.10. The number of aliphatic hydroxyl groups excluding tert-OH is 1. The molecule has 3 N–H and O–H groups in total. The Kier molecular flexibility index (Phi) is 2.99. The molecular weight excluding hydrogens is 192 g/mol. The van der Waals surface area contributed by atoms with Crippen molar-refractivity contribution in [1.82, 2.24) is 5.32 Å². The van der Waals surface area contributed by atoms with Gasteiger partial charge in [-0.05, 0) is 18.6 Å². The van der Waals surface area contributed by atoms with Gasteiger partial charge in [0.1, 0.15) is 0 Å². The van der Waals surface area contributed by atoms with Crippen molar-refractivity contribution in [2.45, 2.75) is 18.6 Å². The molecule has 1 aliphatic rings. The monoisotopic (exact) mass is 206 g/mol. The molecule has 1 heterocycles. The van der Waals surface area contributed by atoms with Gasteiger partial charge in [0.15, 0.2) is 0 Å². The van der Waals surface area contributed by atoms with Gasteiger partial charge in [0.2, 0.25) is 5.91 Å². The van der Waals surface area contributed by atoms with Gasteiger partial charge in [0.05, 0.1) is 12.1 Å². The number of anilines is 1. The summed E-state index contributed by atoms with van der Waals surface area (Å²) in [5.74, 6) is -0.0854. The summed E-state index contributed by atoms with van der Waals surface area (Å²) in [7, 11) is 0. The van der Waals surface area contributed by atoms with Gasteiger partial charge in [-0.1, -0.05) is 18.2 Å². The fourth-order valence-corrected chi connectivity index (χ4v) is 1.67. The average Bonchev–Trinajstić information content (AvgIpc) is 2.66. The van der Waals surface area contributed by atoms with E-state index in [2.05, 4.69) is 10.6 Å². The Balaban J connectivity index is 1.93. The minimum atomic E-state index is -0.406. The summed E-state index contributed by atoms with van der Waals surface area (Å²) in [5.41, 5.74) is 0.783. The molecule has 2 atom stereocenters. The largest absolute Gasteiger partial charge is 0.392 e. The molecule has 4 heteroatoms. The van der Waals surface area contributed by atoms with Crippen molar-refractivity contribution in [3.63, 3.8) is 0 Å². The third-order valence-corrected chi connectivity index (χ3v) is 2.47. The number of carbonyl (C=O) groups is 1. The van der Waals surface area contributed by atoms with Crippen LogP contribution in [0.5, 0.6) is 0 Å². The minimum Gasteiger partial charge on any atom is -0.392 e. The highest BCUT2D eigenvalue weighted by Gasteiger charge is 2.27. The summed E-state index contributed by atoms with van der Waals surface area (Å²) < 4.78 is 0. The van der Waals surface area contributed by atoms with Gasteiger partial charge in [0, 0.05) is 12.2 Å². The highest BCUT2D eigenvalue weighted by molar-refractivity contribution is 5.95. The zero-order valence-electron chi connectivity index (χ0n) is 8.31. The third-order valence-electron chi connectivity index (χ3n) is 2.47. The number of benzene rings is 1. The standard InChI is InChI=1S/C11H14N2O2/c14-9-6-10(12-7-9)11(15)13-8-4-2-1-3-5-8/h1-5,9-10,12,14H,6-7H2,(H,13,15)/t9-,10-/m1/s1. The van der Waals surface area contributed by atoms with E-state index >= 15 is 0 Å². The predicted octanol–water partition coefficient (Wildman–Crippen LogP) is 0.348. The van der Waals surface area contributed by atoms with E-state index in [1.54, 1.807) is 0 Å². The van der Waals surface area contributed by atoms with E-state index in [1.165, 1.54) is 0 Å². The lowest BCUT2D eigenvalue weighted by Crippen LogP contribution is -2.35. The molecule has 0 radical (unpaired) electrons. The topological polar surface area (TPSA) is 61.4 Å². The van der Waals surface area contributed by atoms with Crippen LogP contribution in [-0.2, 0) is 4.79 Å². The van der Waals surface area contributed by atoms with E-state index in [0.29, 0.717) is 13.0 Å². The second-order valence-corrected chi connectivity index (χ2v) is 3.71. The van der Waals surface area contributed by atoms with Crippen molar-refractivity contribution < 1.29 is 9.90 Å². The molecule has 80 valence electrons. The zero-order valence-corrected chi connectivity index (χ0v) is 8.31. The van der Waals surface area contributed by atoms with Crippen molar-refractivity contribution in [2.24, 2.45) is 0 Å². The maximum Gasteiger partial charge on any atom is 0.241 e.